The number of thiocarbonyl (C=S) groups is 1. The number of ether oxygens (including phenoxy) is 3. The lowest BCUT2D eigenvalue weighted by molar-refractivity contribution is -0.142. The molecular formula is C19H24N4O4S2. The topological polar surface area (TPSA) is 117 Å². The first-order chi connectivity index (χ1) is 14.1. The molecule has 0 saturated heterocycles. The highest BCUT2D eigenvalue weighted by molar-refractivity contribution is 8.24. The lowest BCUT2D eigenvalue weighted by Gasteiger charge is -2.18. The van der Waals surface area contributed by atoms with E-state index >= 15 is 0 Å². The standard InChI is InChI=1S/C19H24N4O4S2/c1-15(29-19(28)16-5-3-2-4-6-16)13-17(18(24)27-14-20)7-9-25-11-12-26-10-8-22-23-21/h2-6,15,17H,7-13H2,1H3. The molecule has 0 aromatic heterocycles. The first kappa shape index (κ1) is 24.9. The molecule has 0 amide bonds. The molecule has 1 aromatic carbocycles. The molecule has 0 radical (unpaired) electrons. The summed E-state index contributed by atoms with van der Waals surface area (Å²) in [5, 5.41) is 12.1. The van der Waals surface area contributed by atoms with Gasteiger partial charge in [0.05, 0.1) is 29.9 Å². The molecule has 0 heterocycles. The van der Waals surface area contributed by atoms with Crippen molar-refractivity contribution in [3.8, 4) is 6.26 Å². The predicted octanol–water partition coefficient (Wildman–Crippen LogP) is 4.25. The van der Waals surface area contributed by atoms with Crippen molar-refractivity contribution in [2.75, 3.05) is 33.0 Å². The number of nitrogens with zero attached hydrogens (tertiary/aromatic N) is 4. The van der Waals surface area contributed by atoms with Gasteiger partial charge >= 0.3 is 5.97 Å². The van der Waals surface area contributed by atoms with E-state index in [0.29, 0.717) is 39.3 Å². The summed E-state index contributed by atoms with van der Waals surface area (Å²) in [5.41, 5.74) is 9.13. The second-order valence-electron chi connectivity index (χ2n) is 5.99. The molecule has 1 rings (SSSR count). The van der Waals surface area contributed by atoms with Crippen molar-refractivity contribution < 1.29 is 19.0 Å². The number of benzene rings is 1. The number of rotatable bonds is 14. The summed E-state index contributed by atoms with van der Waals surface area (Å²) in [6, 6.07) is 9.69. The minimum absolute atomic E-state index is 0.0722. The van der Waals surface area contributed by atoms with Crippen molar-refractivity contribution in [3.63, 3.8) is 0 Å². The second-order valence-corrected chi connectivity index (χ2v) is 8.11. The lowest BCUT2D eigenvalue weighted by Crippen LogP contribution is -2.22. The Morgan fingerprint density at radius 2 is 1.97 bits per heavy atom. The number of carbonyl (C=O) groups excluding carboxylic acids is 1. The largest absolute Gasteiger partial charge is 0.379 e. The average Bonchev–Trinajstić information content (AvgIpc) is 2.72. The highest BCUT2D eigenvalue weighted by atomic mass is 32.2. The number of esters is 1. The SMILES string of the molecule is CC(CC(CCOCCOCCN=[N+]=[N-])C(=O)OC#N)SC(=S)c1ccccc1. The van der Waals surface area contributed by atoms with Gasteiger partial charge in [-0.3, -0.25) is 4.79 Å². The van der Waals surface area contributed by atoms with Gasteiger partial charge in [0, 0.05) is 23.3 Å². The van der Waals surface area contributed by atoms with Crippen LogP contribution in [0.2, 0.25) is 0 Å². The van der Waals surface area contributed by atoms with Gasteiger partial charge in [-0.25, -0.2) is 0 Å². The number of thioether (sulfide) groups is 1. The smallest absolute Gasteiger partial charge is 0.324 e. The van der Waals surface area contributed by atoms with Gasteiger partial charge < -0.3 is 14.2 Å². The van der Waals surface area contributed by atoms with Crippen LogP contribution in [-0.2, 0) is 19.0 Å². The molecule has 2 atom stereocenters. The second kappa shape index (κ2) is 15.7. The first-order valence-corrected chi connectivity index (χ1v) is 10.4. The Labute approximate surface area is 180 Å². The van der Waals surface area contributed by atoms with Crippen LogP contribution < -0.4 is 0 Å². The van der Waals surface area contributed by atoms with Gasteiger partial charge in [0.15, 0.2) is 0 Å². The molecule has 0 aliphatic rings. The Balaban J connectivity index is 2.39. The highest BCUT2D eigenvalue weighted by Crippen LogP contribution is 2.26. The van der Waals surface area contributed by atoms with Gasteiger partial charge in [-0.15, -0.1) is 17.0 Å². The van der Waals surface area contributed by atoms with Crippen LogP contribution in [0.25, 0.3) is 10.4 Å². The van der Waals surface area contributed by atoms with Gasteiger partial charge in [-0.1, -0.05) is 54.6 Å². The minimum Gasteiger partial charge on any atom is -0.379 e. The third kappa shape index (κ3) is 11.4. The third-order valence-electron chi connectivity index (χ3n) is 3.80. The van der Waals surface area contributed by atoms with E-state index in [9.17, 15) is 4.79 Å². The van der Waals surface area contributed by atoms with Gasteiger partial charge in [0.2, 0.25) is 0 Å². The molecule has 10 heteroatoms. The van der Waals surface area contributed by atoms with Crippen LogP contribution in [0.1, 0.15) is 25.3 Å². The molecule has 29 heavy (non-hydrogen) atoms. The molecule has 8 nitrogen and oxygen atoms in total. The zero-order valence-corrected chi connectivity index (χ0v) is 17.9. The van der Waals surface area contributed by atoms with Gasteiger partial charge in [0.1, 0.15) is 0 Å². The van der Waals surface area contributed by atoms with Crippen molar-refractivity contribution in [2.24, 2.45) is 11.0 Å². The minimum atomic E-state index is -0.556. The summed E-state index contributed by atoms with van der Waals surface area (Å²) in [4.78, 5) is 14.7. The Kier molecular flexibility index (Phi) is 13.5. The average molecular weight is 437 g/mol. The Morgan fingerprint density at radius 3 is 2.62 bits per heavy atom. The number of hydrogen-bond donors (Lipinski definition) is 0. The Hall–Kier alpha value is -2.15. The molecular weight excluding hydrogens is 412 g/mol. The molecule has 0 aliphatic carbocycles. The summed E-state index contributed by atoms with van der Waals surface area (Å²) in [6.07, 6.45) is 2.40. The highest BCUT2D eigenvalue weighted by Gasteiger charge is 2.24. The maximum atomic E-state index is 12.1. The summed E-state index contributed by atoms with van der Waals surface area (Å²) < 4.78 is 16.0. The van der Waals surface area contributed by atoms with Crippen LogP contribution in [0.3, 0.4) is 0 Å². The number of hydrogen-bond acceptors (Lipinski definition) is 8. The van der Waals surface area contributed by atoms with E-state index in [2.05, 4.69) is 14.8 Å². The Morgan fingerprint density at radius 1 is 1.28 bits per heavy atom. The summed E-state index contributed by atoms with van der Waals surface area (Å²) in [6.45, 7) is 3.67. The maximum absolute atomic E-state index is 12.1. The van der Waals surface area contributed by atoms with Crippen molar-refractivity contribution in [1.82, 2.24) is 0 Å². The third-order valence-corrected chi connectivity index (χ3v) is 5.36. The van der Waals surface area contributed by atoms with E-state index in [1.807, 2.05) is 37.3 Å². The predicted molar refractivity (Wildman–Crippen MR) is 115 cm³/mol. The molecule has 1 aromatic rings. The van der Waals surface area contributed by atoms with Crippen molar-refractivity contribution in [3.05, 3.63) is 46.3 Å². The van der Waals surface area contributed by atoms with Crippen LogP contribution >= 0.6 is 24.0 Å². The monoisotopic (exact) mass is 436 g/mol. The molecule has 0 aliphatic heterocycles. The molecule has 0 N–H and O–H groups in total. The summed E-state index contributed by atoms with van der Waals surface area (Å²) in [5.74, 6) is -1.01. The van der Waals surface area contributed by atoms with E-state index in [0.717, 1.165) is 9.76 Å². The summed E-state index contributed by atoms with van der Waals surface area (Å²) >= 11 is 6.99. The fraction of sp³-hybridized carbons (Fsp3) is 0.526. The molecule has 156 valence electrons. The molecule has 2 unspecified atom stereocenters. The van der Waals surface area contributed by atoms with E-state index in [4.69, 9.17) is 32.5 Å². The zero-order chi connectivity index (χ0) is 21.3. The van der Waals surface area contributed by atoms with Gasteiger partial charge in [-0.2, -0.15) is 0 Å². The van der Waals surface area contributed by atoms with E-state index in [1.165, 1.54) is 18.0 Å². The Bertz CT molecular complexity index is 721. The van der Waals surface area contributed by atoms with Crippen LogP contribution in [0.4, 0.5) is 0 Å². The fourth-order valence-corrected chi connectivity index (χ4v) is 4.03. The normalized spacial score (nSPS) is 12.3. The molecule has 0 saturated carbocycles. The van der Waals surface area contributed by atoms with Crippen molar-refractivity contribution in [1.29, 1.82) is 5.26 Å². The first-order valence-electron chi connectivity index (χ1n) is 9.10. The van der Waals surface area contributed by atoms with E-state index in [-0.39, 0.29) is 11.8 Å². The van der Waals surface area contributed by atoms with Crippen molar-refractivity contribution in [2.45, 2.75) is 25.0 Å². The molecule has 0 spiro atoms. The van der Waals surface area contributed by atoms with Crippen LogP contribution in [0.5, 0.6) is 0 Å². The van der Waals surface area contributed by atoms with E-state index in [1.54, 1.807) is 0 Å². The molecule has 0 fully saturated rings. The fourth-order valence-electron chi connectivity index (χ4n) is 2.43. The van der Waals surface area contributed by atoms with Crippen LogP contribution in [-0.4, -0.2) is 48.4 Å². The summed E-state index contributed by atoms with van der Waals surface area (Å²) in [7, 11) is 0. The maximum Gasteiger partial charge on any atom is 0.324 e. The van der Waals surface area contributed by atoms with Gasteiger partial charge in [0.25, 0.3) is 6.26 Å². The van der Waals surface area contributed by atoms with Crippen LogP contribution in [0, 0.1) is 17.4 Å². The zero-order valence-electron chi connectivity index (χ0n) is 16.2. The molecule has 0 bridgehead atoms. The number of carbonyl (C=O) groups is 1. The number of nitriles is 1. The quantitative estimate of drug-likeness (QED) is 0.0813. The van der Waals surface area contributed by atoms with Crippen LogP contribution in [0.15, 0.2) is 35.4 Å². The number of azide groups is 1. The van der Waals surface area contributed by atoms with Gasteiger partial charge in [-0.05, 0) is 23.9 Å². The lowest BCUT2D eigenvalue weighted by atomic mass is 10.0. The van der Waals surface area contributed by atoms with E-state index < -0.39 is 11.9 Å². The van der Waals surface area contributed by atoms with Crippen molar-refractivity contribution >= 4 is 34.1 Å².